The van der Waals surface area contributed by atoms with E-state index in [0.717, 1.165) is 12.8 Å². The van der Waals surface area contributed by atoms with Crippen molar-refractivity contribution < 1.29 is 9.53 Å². The highest BCUT2D eigenvalue weighted by Crippen LogP contribution is 2.43. The predicted octanol–water partition coefficient (Wildman–Crippen LogP) is 3.54. The van der Waals surface area contributed by atoms with Gasteiger partial charge in [0.15, 0.2) is 10.8 Å². The van der Waals surface area contributed by atoms with Crippen LogP contribution < -0.4 is 4.90 Å². The number of halogens is 3. The van der Waals surface area contributed by atoms with Crippen LogP contribution in [0.1, 0.15) is 23.3 Å². The van der Waals surface area contributed by atoms with Gasteiger partial charge in [0.2, 0.25) is 0 Å². The monoisotopic (exact) mass is 352 g/mol. The molecule has 0 atom stereocenters. The van der Waals surface area contributed by atoms with Gasteiger partial charge in [-0.2, -0.15) is 0 Å². The van der Waals surface area contributed by atoms with Crippen LogP contribution in [0.2, 0.25) is 10.2 Å². The highest BCUT2D eigenvalue weighted by molar-refractivity contribution is 9.10. The Balaban J connectivity index is 2.55. The molecule has 0 amide bonds. The molecule has 1 fully saturated rings. The van der Waals surface area contributed by atoms with E-state index in [1.54, 1.807) is 0 Å². The van der Waals surface area contributed by atoms with Gasteiger partial charge in [-0.3, -0.25) is 0 Å². The van der Waals surface area contributed by atoms with Crippen LogP contribution in [0, 0.1) is 0 Å². The van der Waals surface area contributed by atoms with Gasteiger partial charge in [-0.05, 0) is 28.8 Å². The number of methoxy groups -OCH3 is 1. The molecule has 1 aliphatic carbocycles. The minimum Gasteiger partial charge on any atom is -0.464 e. The van der Waals surface area contributed by atoms with E-state index in [4.69, 9.17) is 23.2 Å². The summed E-state index contributed by atoms with van der Waals surface area (Å²) in [5.41, 5.74) is 0.814. The van der Waals surface area contributed by atoms with Gasteiger partial charge < -0.3 is 9.64 Å². The normalized spacial score (nSPS) is 14.5. The van der Waals surface area contributed by atoms with E-state index in [0.29, 0.717) is 21.2 Å². The standard InChI is InChI=1S/C11H11BrCl2N2O2/c1-16(5-3-4-5)9-6(12)8(11(17)18-2)15-10(14)7(9)13/h5H,3-4H2,1-2H3. The first kappa shape index (κ1) is 13.9. The van der Waals surface area contributed by atoms with Crippen molar-refractivity contribution in [1.29, 1.82) is 0 Å². The second-order valence-corrected chi connectivity index (χ2v) is 5.59. The summed E-state index contributed by atoms with van der Waals surface area (Å²) in [5.74, 6) is -0.550. The zero-order valence-electron chi connectivity index (χ0n) is 9.84. The molecule has 4 nitrogen and oxygen atoms in total. The largest absolute Gasteiger partial charge is 0.464 e. The third kappa shape index (κ3) is 2.44. The van der Waals surface area contributed by atoms with Crippen molar-refractivity contribution in [3.05, 3.63) is 20.3 Å². The van der Waals surface area contributed by atoms with Crippen LogP contribution in [-0.4, -0.2) is 31.2 Å². The Hall–Kier alpha value is -0.520. The predicted molar refractivity (Wildman–Crippen MR) is 74.7 cm³/mol. The molecule has 1 saturated carbocycles. The van der Waals surface area contributed by atoms with Crippen molar-refractivity contribution in [2.24, 2.45) is 0 Å². The lowest BCUT2D eigenvalue weighted by molar-refractivity contribution is 0.0593. The highest BCUT2D eigenvalue weighted by atomic mass is 79.9. The molecule has 0 spiro atoms. The Morgan fingerprint density at radius 2 is 2.11 bits per heavy atom. The van der Waals surface area contributed by atoms with Crippen LogP contribution in [0.15, 0.2) is 4.47 Å². The van der Waals surface area contributed by atoms with Crippen LogP contribution in [0.4, 0.5) is 5.69 Å². The fraction of sp³-hybridized carbons (Fsp3) is 0.455. The number of carbonyl (C=O) groups excluding carboxylic acids is 1. The molecule has 0 aliphatic heterocycles. The summed E-state index contributed by atoms with van der Waals surface area (Å²) in [6.07, 6.45) is 2.21. The van der Waals surface area contributed by atoms with Gasteiger partial charge in [0.25, 0.3) is 0 Å². The molecule has 1 aromatic heterocycles. The van der Waals surface area contributed by atoms with Crippen LogP contribution in [0.5, 0.6) is 0 Å². The quantitative estimate of drug-likeness (QED) is 0.615. The number of anilines is 1. The lowest BCUT2D eigenvalue weighted by atomic mass is 10.3. The number of esters is 1. The topological polar surface area (TPSA) is 42.4 Å². The molecule has 1 aliphatic rings. The third-order valence-corrected chi connectivity index (χ3v) is 4.32. The van der Waals surface area contributed by atoms with Gasteiger partial charge in [0.05, 0.1) is 17.3 Å². The summed E-state index contributed by atoms with van der Waals surface area (Å²) < 4.78 is 5.18. The van der Waals surface area contributed by atoms with Gasteiger partial charge in [-0.15, -0.1) is 0 Å². The Bertz CT molecular complexity index is 506. The Kier molecular flexibility index (Phi) is 4.04. The van der Waals surface area contributed by atoms with Crippen LogP contribution >= 0.6 is 39.1 Å². The van der Waals surface area contributed by atoms with Crippen LogP contribution in [0.25, 0.3) is 0 Å². The lowest BCUT2D eigenvalue weighted by Gasteiger charge is -2.22. The molecule has 0 unspecified atom stereocenters. The second-order valence-electron chi connectivity index (χ2n) is 4.06. The molecule has 0 bridgehead atoms. The molecular formula is C11H11BrCl2N2O2. The molecule has 2 rings (SSSR count). The van der Waals surface area contributed by atoms with Crippen molar-refractivity contribution in [3.8, 4) is 0 Å². The second kappa shape index (κ2) is 5.23. The summed E-state index contributed by atoms with van der Waals surface area (Å²) >= 11 is 15.5. The van der Waals surface area contributed by atoms with E-state index < -0.39 is 5.97 Å². The molecule has 18 heavy (non-hydrogen) atoms. The number of hydrogen-bond acceptors (Lipinski definition) is 4. The summed E-state index contributed by atoms with van der Waals surface area (Å²) in [7, 11) is 3.21. The van der Waals surface area contributed by atoms with E-state index in [2.05, 4.69) is 25.7 Å². The summed E-state index contributed by atoms with van der Waals surface area (Å²) in [5, 5.41) is 0.438. The molecule has 0 saturated heterocycles. The summed E-state index contributed by atoms with van der Waals surface area (Å²) in [6, 6.07) is 0.433. The van der Waals surface area contributed by atoms with Crippen molar-refractivity contribution in [2.75, 3.05) is 19.1 Å². The molecule has 0 aromatic carbocycles. The minimum absolute atomic E-state index is 0.0998. The van der Waals surface area contributed by atoms with E-state index in [-0.39, 0.29) is 10.8 Å². The van der Waals surface area contributed by atoms with E-state index >= 15 is 0 Å². The van der Waals surface area contributed by atoms with Gasteiger partial charge in [-0.25, -0.2) is 9.78 Å². The smallest absolute Gasteiger partial charge is 0.357 e. The zero-order valence-corrected chi connectivity index (χ0v) is 12.9. The SMILES string of the molecule is COC(=O)c1nc(Cl)c(Cl)c(N(C)C2CC2)c1Br. The molecular weight excluding hydrogens is 343 g/mol. The third-order valence-electron chi connectivity index (χ3n) is 2.84. The van der Waals surface area contributed by atoms with E-state index in [1.165, 1.54) is 7.11 Å². The first-order valence-corrected chi connectivity index (χ1v) is 6.88. The molecule has 1 aromatic rings. The van der Waals surface area contributed by atoms with Gasteiger partial charge in [0, 0.05) is 13.1 Å². The molecule has 1 heterocycles. The van der Waals surface area contributed by atoms with Gasteiger partial charge >= 0.3 is 5.97 Å². The van der Waals surface area contributed by atoms with Crippen molar-refractivity contribution in [2.45, 2.75) is 18.9 Å². The maximum atomic E-state index is 11.6. The Morgan fingerprint density at radius 3 is 2.61 bits per heavy atom. The molecule has 98 valence electrons. The Labute approximate surface area is 123 Å². The van der Waals surface area contributed by atoms with Crippen molar-refractivity contribution >= 4 is 50.8 Å². The first-order chi connectivity index (χ1) is 8.47. The van der Waals surface area contributed by atoms with E-state index in [9.17, 15) is 4.79 Å². The number of nitrogens with zero attached hydrogens (tertiary/aromatic N) is 2. The van der Waals surface area contributed by atoms with Gasteiger partial charge in [0.1, 0.15) is 5.02 Å². The molecule has 7 heteroatoms. The fourth-order valence-corrected chi connectivity index (χ4v) is 2.98. The maximum absolute atomic E-state index is 11.6. The number of ether oxygens (including phenoxy) is 1. The van der Waals surface area contributed by atoms with Crippen molar-refractivity contribution in [3.63, 3.8) is 0 Å². The summed E-state index contributed by atoms with van der Waals surface area (Å²) in [4.78, 5) is 17.6. The maximum Gasteiger partial charge on any atom is 0.357 e. The fourth-order valence-electron chi connectivity index (χ4n) is 1.69. The van der Waals surface area contributed by atoms with Crippen molar-refractivity contribution in [1.82, 2.24) is 4.98 Å². The number of carbonyl (C=O) groups is 1. The van der Waals surface area contributed by atoms with Gasteiger partial charge in [-0.1, -0.05) is 23.2 Å². The molecule has 0 N–H and O–H groups in total. The van der Waals surface area contributed by atoms with E-state index in [1.807, 2.05) is 11.9 Å². The first-order valence-electron chi connectivity index (χ1n) is 5.33. The highest BCUT2D eigenvalue weighted by Gasteiger charge is 2.31. The average molecular weight is 354 g/mol. The number of rotatable bonds is 3. The molecule has 0 radical (unpaired) electrons. The lowest BCUT2D eigenvalue weighted by Crippen LogP contribution is -2.22. The average Bonchev–Trinajstić information content (AvgIpc) is 3.17. The minimum atomic E-state index is -0.550. The zero-order chi connectivity index (χ0) is 13.4. The Morgan fingerprint density at radius 1 is 1.50 bits per heavy atom. The number of pyridine rings is 1. The number of aromatic nitrogens is 1. The summed E-state index contributed by atoms with van der Waals surface area (Å²) in [6.45, 7) is 0. The van der Waals surface area contributed by atoms with Crippen LogP contribution in [-0.2, 0) is 4.74 Å². The van der Waals surface area contributed by atoms with Crippen LogP contribution in [0.3, 0.4) is 0 Å². The number of hydrogen-bond donors (Lipinski definition) is 0.